The molecule has 2 rings (SSSR count). The summed E-state index contributed by atoms with van der Waals surface area (Å²) in [4.78, 5) is 20.3. The fourth-order valence-corrected chi connectivity index (χ4v) is 1.86. The van der Waals surface area contributed by atoms with Gasteiger partial charge in [-0.05, 0) is 25.0 Å². The Morgan fingerprint density at radius 1 is 1.19 bits per heavy atom. The summed E-state index contributed by atoms with van der Waals surface area (Å²) in [6, 6.07) is 3.42. The van der Waals surface area contributed by atoms with Gasteiger partial charge in [-0.15, -0.1) is 10.2 Å². The lowest BCUT2D eigenvalue weighted by molar-refractivity contribution is -0.115. The Balaban J connectivity index is 2.04. The Bertz CT molecular complexity index is 626. The van der Waals surface area contributed by atoms with Crippen molar-refractivity contribution >= 4 is 17.5 Å². The average Bonchev–Trinajstić information content (AvgIpc) is 2.49. The third kappa shape index (κ3) is 3.95. The minimum Gasteiger partial charge on any atom is -0.397 e. The summed E-state index contributed by atoms with van der Waals surface area (Å²) in [5.41, 5.74) is 8.46. The van der Waals surface area contributed by atoms with Crippen LogP contribution >= 0.6 is 0 Å². The molecular weight excluding hydrogens is 268 g/mol. The van der Waals surface area contributed by atoms with Gasteiger partial charge in [-0.3, -0.25) is 15.1 Å². The van der Waals surface area contributed by atoms with Crippen LogP contribution in [-0.4, -0.2) is 26.1 Å². The molecule has 0 spiro atoms. The summed E-state index contributed by atoms with van der Waals surface area (Å²) in [6.07, 6.45) is 3.18. The number of nitrogens with two attached hydrogens (primary N) is 1. The average molecular weight is 286 g/mol. The molecule has 0 unspecified atom stereocenters. The molecule has 0 aliphatic heterocycles. The van der Waals surface area contributed by atoms with Gasteiger partial charge in [-0.1, -0.05) is 13.8 Å². The lowest BCUT2D eigenvalue weighted by atomic mass is 10.2. The van der Waals surface area contributed by atoms with Crippen molar-refractivity contribution in [3.63, 3.8) is 0 Å². The van der Waals surface area contributed by atoms with E-state index in [2.05, 4.69) is 25.5 Å². The van der Waals surface area contributed by atoms with Crippen LogP contribution < -0.4 is 11.1 Å². The molecule has 21 heavy (non-hydrogen) atoms. The highest BCUT2D eigenvalue weighted by Crippen LogP contribution is 2.08. The molecule has 0 radical (unpaired) electrons. The van der Waals surface area contributed by atoms with E-state index in [1.54, 1.807) is 12.1 Å². The largest absolute Gasteiger partial charge is 0.397 e. The van der Waals surface area contributed by atoms with E-state index in [1.807, 2.05) is 13.8 Å². The number of anilines is 2. The Morgan fingerprint density at radius 2 is 1.95 bits per heavy atom. The number of nitrogen functional groups attached to an aromatic ring is 1. The summed E-state index contributed by atoms with van der Waals surface area (Å²) in [5, 5.41) is 10.6. The predicted octanol–water partition coefficient (Wildman–Crippen LogP) is 1.15. The molecule has 0 saturated heterocycles. The molecule has 7 heteroatoms. The van der Waals surface area contributed by atoms with Crippen LogP contribution in [0.1, 0.15) is 30.9 Å². The number of carbonyl (C=O) groups is 1. The van der Waals surface area contributed by atoms with Gasteiger partial charge in [0.2, 0.25) is 11.9 Å². The molecule has 0 saturated carbocycles. The topological polar surface area (TPSA) is 107 Å². The number of hydrogen-bond acceptors (Lipinski definition) is 6. The zero-order valence-electron chi connectivity index (χ0n) is 12.1. The molecule has 0 aliphatic carbocycles. The second kappa shape index (κ2) is 6.74. The Morgan fingerprint density at radius 3 is 2.57 bits per heavy atom. The highest BCUT2D eigenvalue weighted by atomic mass is 16.1. The number of nitrogens with zero attached hydrogens (tertiary/aromatic N) is 4. The molecule has 2 heterocycles. The van der Waals surface area contributed by atoms with Crippen molar-refractivity contribution in [1.82, 2.24) is 20.2 Å². The zero-order chi connectivity index (χ0) is 15.2. The van der Waals surface area contributed by atoms with Crippen molar-refractivity contribution in [3.05, 3.63) is 35.4 Å². The maximum absolute atomic E-state index is 11.9. The van der Waals surface area contributed by atoms with E-state index in [1.165, 1.54) is 6.20 Å². The van der Waals surface area contributed by atoms with E-state index in [9.17, 15) is 4.79 Å². The van der Waals surface area contributed by atoms with Crippen molar-refractivity contribution in [1.29, 1.82) is 0 Å². The van der Waals surface area contributed by atoms with Crippen LogP contribution in [-0.2, 0) is 24.1 Å². The molecule has 7 nitrogen and oxygen atoms in total. The van der Waals surface area contributed by atoms with E-state index in [0.717, 1.165) is 24.2 Å². The summed E-state index contributed by atoms with van der Waals surface area (Å²) < 4.78 is 0. The third-order valence-corrected chi connectivity index (χ3v) is 2.95. The first-order valence-electron chi connectivity index (χ1n) is 6.85. The van der Waals surface area contributed by atoms with Crippen molar-refractivity contribution in [2.45, 2.75) is 33.1 Å². The smallest absolute Gasteiger partial charge is 0.249 e. The monoisotopic (exact) mass is 286 g/mol. The van der Waals surface area contributed by atoms with Gasteiger partial charge in [0.15, 0.2) is 0 Å². The Hall–Kier alpha value is -2.57. The molecule has 2 aromatic heterocycles. The molecule has 0 aliphatic rings. The van der Waals surface area contributed by atoms with Crippen LogP contribution in [0.3, 0.4) is 0 Å². The van der Waals surface area contributed by atoms with Crippen molar-refractivity contribution < 1.29 is 4.79 Å². The van der Waals surface area contributed by atoms with Crippen LogP contribution in [0.5, 0.6) is 0 Å². The van der Waals surface area contributed by atoms with Crippen LogP contribution in [0, 0.1) is 0 Å². The molecule has 0 atom stereocenters. The minimum atomic E-state index is -0.236. The second-order valence-corrected chi connectivity index (χ2v) is 4.54. The minimum absolute atomic E-state index is 0.140. The Labute approximate surface area is 123 Å². The van der Waals surface area contributed by atoms with Gasteiger partial charge in [0.05, 0.1) is 29.7 Å². The van der Waals surface area contributed by atoms with Gasteiger partial charge >= 0.3 is 0 Å². The van der Waals surface area contributed by atoms with E-state index in [4.69, 9.17) is 5.73 Å². The highest BCUT2D eigenvalue weighted by molar-refractivity contribution is 5.90. The normalized spacial score (nSPS) is 10.4. The van der Waals surface area contributed by atoms with Gasteiger partial charge in [-0.25, -0.2) is 4.98 Å². The number of pyridine rings is 1. The van der Waals surface area contributed by atoms with Crippen molar-refractivity contribution in [3.8, 4) is 0 Å². The van der Waals surface area contributed by atoms with Crippen LogP contribution in [0.15, 0.2) is 18.3 Å². The molecule has 1 amide bonds. The number of hydrogen-bond donors (Lipinski definition) is 2. The van der Waals surface area contributed by atoms with E-state index in [0.29, 0.717) is 11.4 Å². The fourth-order valence-electron chi connectivity index (χ4n) is 1.86. The van der Waals surface area contributed by atoms with Gasteiger partial charge < -0.3 is 5.73 Å². The molecule has 0 fully saturated rings. The highest BCUT2D eigenvalue weighted by Gasteiger charge is 2.10. The van der Waals surface area contributed by atoms with E-state index < -0.39 is 0 Å². The number of aromatic nitrogens is 4. The molecule has 3 N–H and O–H groups in total. The van der Waals surface area contributed by atoms with E-state index >= 15 is 0 Å². The Kier molecular flexibility index (Phi) is 4.76. The first-order chi connectivity index (χ1) is 10.1. The van der Waals surface area contributed by atoms with Crippen LogP contribution in [0.2, 0.25) is 0 Å². The second-order valence-electron chi connectivity index (χ2n) is 4.54. The van der Waals surface area contributed by atoms with Crippen molar-refractivity contribution in [2.24, 2.45) is 0 Å². The molecule has 2 aromatic rings. The molecule has 0 bridgehead atoms. The summed E-state index contributed by atoms with van der Waals surface area (Å²) in [7, 11) is 0. The maximum Gasteiger partial charge on any atom is 0.249 e. The van der Waals surface area contributed by atoms with Gasteiger partial charge in [0.25, 0.3) is 0 Å². The lowest BCUT2D eigenvalue weighted by Crippen LogP contribution is -2.18. The first kappa shape index (κ1) is 14.8. The standard InChI is InChI=1S/C14H18N6O/c1-3-11-12(4-2)19-20-14(17-11)18-13(21)7-10-6-5-9(15)8-16-10/h5-6,8H,3-4,7,15H2,1-2H3,(H,17,18,20,21). The van der Waals surface area contributed by atoms with Crippen molar-refractivity contribution in [2.75, 3.05) is 11.1 Å². The fraction of sp³-hybridized carbons (Fsp3) is 0.357. The molecule has 110 valence electrons. The number of nitrogens with one attached hydrogen (secondary N) is 1. The first-order valence-corrected chi connectivity index (χ1v) is 6.85. The SMILES string of the molecule is CCc1nnc(NC(=O)Cc2ccc(N)cn2)nc1CC. The molecular formula is C14H18N6O. The maximum atomic E-state index is 11.9. The van der Waals surface area contributed by atoms with E-state index in [-0.39, 0.29) is 18.3 Å². The van der Waals surface area contributed by atoms with Gasteiger partial charge in [0, 0.05) is 5.69 Å². The number of carbonyl (C=O) groups excluding carboxylic acids is 1. The number of aryl methyl sites for hydroxylation is 2. The van der Waals surface area contributed by atoms with Crippen LogP contribution in [0.25, 0.3) is 0 Å². The predicted molar refractivity (Wildman–Crippen MR) is 79.6 cm³/mol. The summed E-state index contributed by atoms with van der Waals surface area (Å²) in [5.74, 6) is -0.00938. The third-order valence-electron chi connectivity index (χ3n) is 2.95. The lowest BCUT2D eigenvalue weighted by Gasteiger charge is -2.07. The number of amides is 1. The quantitative estimate of drug-likeness (QED) is 0.854. The van der Waals surface area contributed by atoms with Crippen LogP contribution in [0.4, 0.5) is 11.6 Å². The van der Waals surface area contributed by atoms with Gasteiger partial charge in [-0.2, -0.15) is 0 Å². The summed E-state index contributed by atoms with van der Waals surface area (Å²) in [6.45, 7) is 3.99. The molecule has 0 aromatic carbocycles. The zero-order valence-corrected chi connectivity index (χ0v) is 12.1. The number of rotatable bonds is 5. The summed E-state index contributed by atoms with van der Waals surface area (Å²) >= 11 is 0. The van der Waals surface area contributed by atoms with Gasteiger partial charge in [0.1, 0.15) is 0 Å².